The van der Waals surface area contributed by atoms with Crippen LogP contribution in [-0.2, 0) is 4.74 Å². The first-order chi connectivity index (χ1) is 6.93. The molecule has 0 aromatic heterocycles. The van der Waals surface area contributed by atoms with Crippen LogP contribution in [0.2, 0.25) is 0 Å². The number of ether oxygens (including phenoxy) is 1. The van der Waals surface area contributed by atoms with E-state index in [1.54, 1.807) is 13.0 Å². The van der Waals surface area contributed by atoms with Crippen LogP contribution in [0.15, 0.2) is 12.2 Å². The smallest absolute Gasteiger partial charge is 0.1000 e. The fourth-order valence-corrected chi connectivity index (χ4v) is 0.587. The molecule has 0 aliphatic carbocycles. The maximum Gasteiger partial charge on any atom is 0.1000 e. The van der Waals surface area contributed by atoms with Gasteiger partial charge < -0.3 is 4.74 Å². The van der Waals surface area contributed by atoms with Crippen LogP contribution >= 0.6 is 0 Å². The molecule has 14 heavy (non-hydrogen) atoms. The van der Waals surface area contributed by atoms with Gasteiger partial charge in [-0.3, -0.25) is 0 Å². The highest BCUT2D eigenvalue weighted by Gasteiger charge is 2.17. The molecule has 1 heteroatoms. The summed E-state index contributed by atoms with van der Waals surface area (Å²) in [6.45, 7) is 2.54. The van der Waals surface area contributed by atoms with Gasteiger partial charge in [0.1, 0.15) is 0 Å². The van der Waals surface area contributed by atoms with E-state index in [0.29, 0.717) is 0 Å². The molecule has 0 aromatic carbocycles. The van der Waals surface area contributed by atoms with Crippen LogP contribution in [0.1, 0.15) is 6.92 Å². The average Bonchev–Trinajstić information content (AvgIpc) is 2.99. The Morgan fingerprint density at radius 2 is 1.71 bits per heavy atom. The van der Waals surface area contributed by atoms with Gasteiger partial charge in [0, 0.05) is 0 Å². The number of epoxide rings is 1. The maximum atomic E-state index is 4.95. The second-order valence-electron chi connectivity index (χ2n) is 2.38. The minimum Gasteiger partial charge on any atom is -0.369 e. The number of allylic oxidation sites excluding steroid dienone is 1. The van der Waals surface area contributed by atoms with Gasteiger partial charge in [-0.15, -0.1) is 0 Å². The highest BCUT2D eigenvalue weighted by atomic mass is 16.6. The Morgan fingerprint density at radius 1 is 1.07 bits per heavy atom. The van der Waals surface area contributed by atoms with Crippen molar-refractivity contribution in [1.29, 1.82) is 0 Å². The number of hydrogen-bond acceptors (Lipinski definition) is 1. The Hall–Kier alpha value is -2.06. The van der Waals surface area contributed by atoms with E-state index < -0.39 is 0 Å². The summed E-state index contributed by atoms with van der Waals surface area (Å²) in [6, 6.07) is 0. The fourth-order valence-electron chi connectivity index (χ4n) is 0.587. The van der Waals surface area contributed by atoms with Gasteiger partial charge in [-0.05, 0) is 54.6 Å². The van der Waals surface area contributed by atoms with Gasteiger partial charge in [0.25, 0.3) is 0 Å². The lowest BCUT2D eigenvalue weighted by molar-refractivity contribution is 0.440. The van der Waals surface area contributed by atoms with Crippen molar-refractivity contribution in [3.63, 3.8) is 0 Å². The molecule has 1 heterocycles. The quantitative estimate of drug-likeness (QED) is 0.433. The molecule has 66 valence electrons. The molecule has 0 N–H and O–H groups in total. The van der Waals surface area contributed by atoms with E-state index in [0.717, 1.165) is 6.61 Å². The summed E-state index contributed by atoms with van der Waals surface area (Å²) in [5.74, 6) is 20.9. The first-order valence-corrected chi connectivity index (χ1v) is 4.14. The third-order valence-electron chi connectivity index (χ3n) is 1.26. The van der Waals surface area contributed by atoms with E-state index in [4.69, 9.17) is 4.74 Å². The van der Waals surface area contributed by atoms with Gasteiger partial charge in [-0.1, -0.05) is 11.8 Å². The molecule has 0 saturated carbocycles. The second-order valence-corrected chi connectivity index (χ2v) is 2.38. The van der Waals surface area contributed by atoms with Crippen LogP contribution in [-0.4, -0.2) is 12.7 Å². The number of hydrogen-bond donors (Lipinski definition) is 0. The van der Waals surface area contributed by atoms with Crippen molar-refractivity contribution in [3.05, 3.63) is 12.2 Å². The number of rotatable bonds is 1. The zero-order chi connectivity index (χ0) is 10.1. The normalized spacial score (nSPS) is 15.9. The van der Waals surface area contributed by atoms with Crippen LogP contribution in [0, 0.1) is 47.4 Å². The Labute approximate surface area is 84.5 Å². The summed E-state index contributed by atoms with van der Waals surface area (Å²) in [5.41, 5.74) is 0. The Morgan fingerprint density at radius 3 is 2.36 bits per heavy atom. The molecule has 0 aromatic rings. The molecule has 0 spiro atoms. The Balaban J connectivity index is 2.29. The van der Waals surface area contributed by atoms with Crippen molar-refractivity contribution in [2.24, 2.45) is 0 Å². The summed E-state index contributed by atoms with van der Waals surface area (Å²) >= 11 is 0. The zero-order valence-corrected chi connectivity index (χ0v) is 7.85. The lowest BCUT2D eigenvalue weighted by Crippen LogP contribution is -1.70. The second kappa shape index (κ2) is 6.46. The highest BCUT2D eigenvalue weighted by Crippen LogP contribution is 2.08. The first-order valence-electron chi connectivity index (χ1n) is 4.14. The van der Waals surface area contributed by atoms with Crippen molar-refractivity contribution in [3.8, 4) is 47.4 Å². The van der Waals surface area contributed by atoms with Gasteiger partial charge >= 0.3 is 0 Å². The standard InChI is InChI=1S/C13H8O/c1-2-3-4-5-6-7-8-9-10-11-13-12-14-13/h10-11,13H,12H2,1H3/b11-10+. The molecule has 1 rings (SSSR count). The molecule has 0 radical (unpaired) electrons. The van der Waals surface area contributed by atoms with Crippen LogP contribution in [0.4, 0.5) is 0 Å². The minimum atomic E-state index is 0.275. The highest BCUT2D eigenvalue weighted by molar-refractivity contribution is 5.41. The molecule has 1 aliphatic heterocycles. The van der Waals surface area contributed by atoms with E-state index in [9.17, 15) is 0 Å². The molecule has 1 nitrogen and oxygen atoms in total. The average molecular weight is 180 g/mol. The van der Waals surface area contributed by atoms with Gasteiger partial charge in [0.2, 0.25) is 0 Å². The maximum absolute atomic E-state index is 4.95. The molecule has 0 amide bonds. The third-order valence-corrected chi connectivity index (χ3v) is 1.26. The third kappa shape index (κ3) is 5.57. The predicted octanol–water partition coefficient (Wildman–Crippen LogP) is 0.975. The topological polar surface area (TPSA) is 12.5 Å². The van der Waals surface area contributed by atoms with Gasteiger partial charge in [-0.2, -0.15) is 0 Å². The van der Waals surface area contributed by atoms with Crippen molar-refractivity contribution in [1.82, 2.24) is 0 Å². The summed E-state index contributed by atoms with van der Waals surface area (Å²) < 4.78 is 4.95. The van der Waals surface area contributed by atoms with Gasteiger partial charge in [-0.25, -0.2) is 0 Å². The summed E-state index contributed by atoms with van der Waals surface area (Å²) in [7, 11) is 0. The molecular weight excluding hydrogens is 172 g/mol. The Bertz CT molecular complexity index is 448. The fraction of sp³-hybridized carbons (Fsp3) is 0.231. The van der Waals surface area contributed by atoms with Crippen molar-refractivity contribution in [2.75, 3.05) is 6.61 Å². The van der Waals surface area contributed by atoms with Crippen LogP contribution in [0.3, 0.4) is 0 Å². The van der Waals surface area contributed by atoms with Gasteiger partial charge in [0.05, 0.1) is 12.7 Å². The molecule has 1 fully saturated rings. The zero-order valence-electron chi connectivity index (χ0n) is 7.85. The van der Waals surface area contributed by atoms with Crippen molar-refractivity contribution < 1.29 is 4.74 Å². The Kier molecular flexibility index (Phi) is 4.62. The van der Waals surface area contributed by atoms with Crippen molar-refractivity contribution in [2.45, 2.75) is 13.0 Å². The summed E-state index contributed by atoms with van der Waals surface area (Å²) in [4.78, 5) is 0. The SMILES string of the molecule is CC#CC#CC#CC#C/C=C/C1CO1. The van der Waals surface area contributed by atoms with E-state index in [1.165, 1.54) is 0 Å². The minimum absolute atomic E-state index is 0.275. The molecule has 1 unspecified atom stereocenters. The summed E-state index contributed by atoms with van der Waals surface area (Å²) in [5, 5.41) is 0. The van der Waals surface area contributed by atoms with Crippen molar-refractivity contribution >= 4 is 0 Å². The van der Waals surface area contributed by atoms with Crippen LogP contribution in [0.5, 0.6) is 0 Å². The molecule has 1 saturated heterocycles. The molecular formula is C13H8O. The molecule has 0 bridgehead atoms. The lowest BCUT2D eigenvalue weighted by atomic mass is 10.4. The van der Waals surface area contributed by atoms with Crippen LogP contribution < -0.4 is 0 Å². The predicted molar refractivity (Wildman–Crippen MR) is 55.7 cm³/mol. The van der Waals surface area contributed by atoms with E-state index in [-0.39, 0.29) is 6.10 Å². The first kappa shape index (κ1) is 10.0. The van der Waals surface area contributed by atoms with E-state index in [1.807, 2.05) is 6.08 Å². The lowest BCUT2D eigenvalue weighted by Gasteiger charge is -1.67. The van der Waals surface area contributed by atoms with E-state index in [2.05, 4.69) is 47.4 Å². The summed E-state index contributed by atoms with van der Waals surface area (Å²) in [6.07, 6.45) is 3.92. The largest absolute Gasteiger partial charge is 0.369 e. The van der Waals surface area contributed by atoms with E-state index >= 15 is 0 Å². The monoisotopic (exact) mass is 180 g/mol. The molecule has 1 atom stereocenters. The van der Waals surface area contributed by atoms with Gasteiger partial charge in [0.15, 0.2) is 0 Å². The molecule has 1 aliphatic rings. The van der Waals surface area contributed by atoms with Crippen LogP contribution in [0.25, 0.3) is 0 Å².